The second-order valence-electron chi connectivity index (χ2n) is 4.12. The van der Waals surface area contributed by atoms with Crippen LogP contribution >= 0.6 is 23.2 Å². The van der Waals surface area contributed by atoms with Gasteiger partial charge in [-0.25, -0.2) is 9.97 Å². The highest BCUT2D eigenvalue weighted by molar-refractivity contribution is 6.41. The Morgan fingerprint density at radius 3 is 2.71 bits per heavy atom. The van der Waals surface area contributed by atoms with Gasteiger partial charge in [-0.05, 0) is 18.2 Å². The molecule has 2 heterocycles. The number of hydrogen-bond acceptors (Lipinski definition) is 3. The lowest BCUT2D eigenvalue weighted by Crippen LogP contribution is -2.01. The van der Waals surface area contributed by atoms with Gasteiger partial charge < -0.3 is 9.72 Å². The monoisotopic (exact) mass is 329 g/mol. The molecule has 0 radical (unpaired) electrons. The third-order valence-electron chi connectivity index (χ3n) is 2.72. The molecule has 0 saturated carbocycles. The Bertz CT molecular complexity index is 768. The van der Waals surface area contributed by atoms with Crippen molar-refractivity contribution in [3.63, 3.8) is 0 Å². The van der Waals surface area contributed by atoms with Crippen LogP contribution in [-0.4, -0.2) is 21.6 Å². The molecule has 1 aromatic carbocycles. The predicted molar refractivity (Wildman–Crippen MR) is 76.0 cm³/mol. The minimum atomic E-state index is -2.88. The van der Waals surface area contributed by atoms with Crippen molar-refractivity contribution in [3.8, 4) is 17.1 Å². The van der Waals surface area contributed by atoms with E-state index >= 15 is 0 Å². The first-order chi connectivity index (χ1) is 10.0. The lowest BCUT2D eigenvalue weighted by atomic mass is 10.2. The Morgan fingerprint density at radius 2 is 1.95 bits per heavy atom. The maximum absolute atomic E-state index is 12.2. The minimum absolute atomic E-state index is 0.0481. The molecule has 2 aromatic heterocycles. The minimum Gasteiger partial charge on any atom is -0.435 e. The van der Waals surface area contributed by atoms with Crippen LogP contribution in [-0.2, 0) is 0 Å². The molecular weight excluding hydrogens is 323 g/mol. The average molecular weight is 330 g/mol. The molecule has 8 heteroatoms. The molecule has 0 bridgehead atoms. The fourth-order valence-corrected chi connectivity index (χ4v) is 2.14. The summed E-state index contributed by atoms with van der Waals surface area (Å²) in [6, 6.07) is 7.78. The van der Waals surface area contributed by atoms with Crippen molar-refractivity contribution in [2.75, 3.05) is 0 Å². The maximum atomic E-state index is 12.2. The van der Waals surface area contributed by atoms with Crippen LogP contribution < -0.4 is 4.74 Å². The lowest BCUT2D eigenvalue weighted by molar-refractivity contribution is -0.0498. The Kier molecular flexibility index (Phi) is 3.65. The summed E-state index contributed by atoms with van der Waals surface area (Å²) in [5.74, 6) is 0.502. The van der Waals surface area contributed by atoms with Crippen LogP contribution in [0.5, 0.6) is 5.75 Å². The Morgan fingerprint density at radius 1 is 1.14 bits per heavy atom. The van der Waals surface area contributed by atoms with E-state index < -0.39 is 6.61 Å². The number of fused-ring (bicyclic) bond motifs is 1. The molecule has 21 heavy (non-hydrogen) atoms. The molecule has 0 aliphatic carbocycles. The maximum Gasteiger partial charge on any atom is 0.387 e. The third kappa shape index (κ3) is 2.91. The Balaban J connectivity index is 2.04. The zero-order valence-corrected chi connectivity index (χ0v) is 11.8. The van der Waals surface area contributed by atoms with E-state index in [1.165, 1.54) is 12.1 Å². The van der Waals surface area contributed by atoms with Gasteiger partial charge in [0.05, 0.1) is 10.5 Å². The van der Waals surface area contributed by atoms with Crippen LogP contribution in [0.15, 0.2) is 30.3 Å². The van der Waals surface area contributed by atoms with Crippen molar-refractivity contribution in [1.29, 1.82) is 0 Å². The number of imidazole rings is 1. The van der Waals surface area contributed by atoms with Crippen LogP contribution in [0.2, 0.25) is 10.2 Å². The molecule has 0 aliphatic heterocycles. The summed E-state index contributed by atoms with van der Waals surface area (Å²) in [5, 5.41) is 0.450. The van der Waals surface area contributed by atoms with Crippen molar-refractivity contribution in [3.05, 3.63) is 40.5 Å². The summed E-state index contributed by atoms with van der Waals surface area (Å²) in [4.78, 5) is 11.3. The van der Waals surface area contributed by atoms with Crippen LogP contribution in [0.1, 0.15) is 0 Å². The molecule has 0 saturated heterocycles. The number of aromatic nitrogens is 3. The predicted octanol–water partition coefficient (Wildman–Crippen LogP) is 4.53. The number of nitrogens with one attached hydrogen (secondary N) is 1. The quantitative estimate of drug-likeness (QED) is 0.718. The summed E-state index contributed by atoms with van der Waals surface area (Å²) < 4.78 is 28.8. The SMILES string of the molecule is FC(F)Oc1cccc(-c2nc3nc(Cl)c(Cl)cc3[nH]2)c1. The van der Waals surface area contributed by atoms with E-state index in [0.29, 0.717) is 27.6 Å². The number of halogens is 4. The Labute approximate surface area is 127 Å². The van der Waals surface area contributed by atoms with E-state index in [2.05, 4.69) is 19.7 Å². The zero-order chi connectivity index (χ0) is 15.0. The standard InChI is InChI=1S/C13H7Cl2F2N3O/c14-8-5-9-12(19-10(8)15)20-11(18-9)6-2-1-3-7(4-6)21-13(16)17/h1-5,13H,(H,18,19,20). The molecule has 0 unspecified atom stereocenters. The van der Waals surface area contributed by atoms with Crippen molar-refractivity contribution in [2.45, 2.75) is 6.61 Å². The highest BCUT2D eigenvalue weighted by Crippen LogP contribution is 2.27. The molecule has 0 spiro atoms. The summed E-state index contributed by atoms with van der Waals surface area (Å²) in [7, 11) is 0. The van der Waals surface area contributed by atoms with Gasteiger partial charge in [0.15, 0.2) is 5.65 Å². The highest BCUT2D eigenvalue weighted by Gasteiger charge is 2.11. The second-order valence-corrected chi connectivity index (χ2v) is 4.89. The summed E-state index contributed by atoms with van der Waals surface area (Å²) in [5.41, 5.74) is 1.57. The van der Waals surface area contributed by atoms with Crippen LogP contribution in [0.3, 0.4) is 0 Å². The van der Waals surface area contributed by atoms with Gasteiger partial charge in [0.2, 0.25) is 0 Å². The summed E-state index contributed by atoms with van der Waals surface area (Å²) >= 11 is 11.7. The number of hydrogen-bond donors (Lipinski definition) is 1. The molecule has 3 aromatic rings. The molecule has 3 rings (SSSR count). The van der Waals surface area contributed by atoms with Crippen molar-refractivity contribution >= 4 is 34.4 Å². The van der Waals surface area contributed by atoms with E-state index in [-0.39, 0.29) is 10.9 Å². The molecule has 108 valence electrons. The van der Waals surface area contributed by atoms with Gasteiger partial charge in [-0.15, -0.1) is 0 Å². The van der Waals surface area contributed by atoms with E-state index in [4.69, 9.17) is 23.2 Å². The number of aromatic amines is 1. The molecule has 4 nitrogen and oxygen atoms in total. The van der Waals surface area contributed by atoms with Gasteiger partial charge in [-0.3, -0.25) is 0 Å². The van der Waals surface area contributed by atoms with Gasteiger partial charge in [0, 0.05) is 5.56 Å². The van der Waals surface area contributed by atoms with E-state index in [1.54, 1.807) is 18.2 Å². The van der Waals surface area contributed by atoms with E-state index in [0.717, 1.165) is 0 Å². The second kappa shape index (κ2) is 5.46. The zero-order valence-electron chi connectivity index (χ0n) is 10.3. The fraction of sp³-hybridized carbons (Fsp3) is 0.0769. The largest absolute Gasteiger partial charge is 0.435 e. The smallest absolute Gasteiger partial charge is 0.387 e. The topological polar surface area (TPSA) is 50.8 Å². The summed E-state index contributed by atoms with van der Waals surface area (Å²) in [6.07, 6.45) is 0. The number of pyridine rings is 1. The first kappa shape index (κ1) is 14.0. The van der Waals surface area contributed by atoms with Crippen LogP contribution in [0.4, 0.5) is 8.78 Å². The Hall–Kier alpha value is -1.92. The number of H-pyrrole nitrogens is 1. The number of ether oxygens (including phenoxy) is 1. The van der Waals surface area contributed by atoms with Crippen molar-refractivity contribution < 1.29 is 13.5 Å². The molecule has 0 fully saturated rings. The molecule has 1 N–H and O–H groups in total. The van der Waals surface area contributed by atoms with Gasteiger partial charge in [-0.2, -0.15) is 8.78 Å². The molecule has 0 atom stereocenters. The fourth-order valence-electron chi connectivity index (χ4n) is 1.85. The molecule has 0 aliphatic rings. The first-order valence-corrected chi connectivity index (χ1v) is 6.55. The number of benzene rings is 1. The van der Waals surface area contributed by atoms with Gasteiger partial charge >= 0.3 is 6.61 Å². The lowest BCUT2D eigenvalue weighted by Gasteiger charge is -2.05. The normalized spacial score (nSPS) is 11.3. The van der Waals surface area contributed by atoms with E-state index in [1.807, 2.05) is 0 Å². The van der Waals surface area contributed by atoms with Gasteiger partial charge in [-0.1, -0.05) is 35.3 Å². The molecular formula is C13H7Cl2F2N3O. The first-order valence-electron chi connectivity index (χ1n) is 5.80. The van der Waals surface area contributed by atoms with Crippen molar-refractivity contribution in [2.24, 2.45) is 0 Å². The van der Waals surface area contributed by atoms with Crippen molar-refractivity contribution in [1.82, 2.24) is 15.0 Å². The average Bonchev–Trinajstić information content (AvgIpc) is 2.82. The number of alkyl halides is 2. The van der Waals surface area contributed by atoms with Gasteiger partial charge in [0.1, 0.15) is 16.7 Å². The van der Waals surface area contributed by atoms with Crippen LogP contribution in [0, 0.1) is 0 Å². The number of rotatable bonds is 3. The number of nitrogens with zero attached hydrogens (tertiary/aromatic N) is 2. The van der Waals surface area contributed by atoms with Gasteiger partial charge in [0.25, 0.3) is 0 Å². The van der Waals surface area contributed by atoms with Crippen LogP contribution in [0.25, 0.3) is 22.6 Å². The third-order valence-corrected chi connectivity index (χ3v) is 3.39. The molecule has 0 amide bonds. The van der Waals surface area contributed by atoms with E-state index in [9.17, 15) is 8.78 Å². The highest BCUT2D eigenvalue weighted by atomic mass is 35.5. The summed E-state index contributed by atoms with van der Waals surface area (Å²) in [6.45, 7) is -2.88.